The maximum absolute atomic E-state index is 13.3. The van der Waals surface area contributed by atoms with Crippen LogP contribution in [0.3, 0.4) is 0 Å². The Balaban J connectivity index is 2.00. The van der Waals surface area contributed by atoms with Crippen LogP contribution in [0, 0.1) is 25.2 Å². The highest BCUT2D eigenvalue weighted by atomic mass is 35.5. The summed E-state index contributed by atoms with van der Waals surface area (Å²) in [5.74, 6) is 1.46. The van der Waals surface area contributed by atoms with Crippen LogP contribution in [0.15, 0.2) is 56.4 Å². The third-order valence-corrected chi connectivity index (χ3v) is 6.86. The van der Waals surface area contributed by atoms with Gasteiger partial charge in [-0.15, -0.1) is 0 Å². The standard InChI is InChI=1S/C24H24ClN3O2S/c1-4-31-24-16(10-14(3)30-24)21-17(12-26)23(27)28(18-6-5-7-20(29)22(18)21)19-11-15(25)9-8-13(19)2/h8-11,21H,4-7,27H2,1-3H3. The number of hydrogen-bond donors (Lipinski definition) is 1. The van der Waals surface area contributed by atoms with E-state index in [0.29, 0.717) is 34.8 Å². The molecule has 7 heteroatoms. The number of nitrogens with two attached hydrogens (primary N) is 1. The number of nitriles is 1. The van der Waals surface area contributed by atoms with Crippen molar-refractivity contribution < 1.29 is 9.21 Å². The summed E-state index contributed by atoms with van der Waals surface area (Å²) >= 11 is 7.86. The molecule has 0 bridgehead atoms. The lowest BCUT2D eigenvalue weighted by molar-refractivity contribution is -0.116. The van der Waals surface area contributed by atoms with Crippen molar-refractivity contribution in [2.45, 2.75) is 51.0 Å². The van der Waals surface area contributed by atoms with Crippen LogP contribution >= 0.6 is 23.4 Å². The predicted octanol–water partition coefficient (Wildman–Crippen LogP) is 5.97. The van der Waals surface area contributed by atoms with Crippen LogP contribution in [0.25, 0.3) is 0 Å². The molecule has 1 unspecified atom stereocenters. The van der Waals surface area contributed by atoms with Gasteiger partial charge in [0.15, 0.2) is 10.9 Å². The minimum absolute atomic E-state index is 0.0579. The largest absolute Gasteiger partial charge is 0.455 e. The Morgan fingerprint density at radius 2 is 2.10 bits per heavy atom. The highest BCUT2D eigenvalue weighted by Gasteiger charge is 2.42. The molecule has 1 aromatic carbocycles. The summed E-state index contributed by atoms with van der Waals surface area (Å²) in [6.45, 7) is 5.89. The fourth-order valence-corrected chi connectivity index (χ4v) is 5.42. The van der Waals surface area contributed by atoms with Crippen LogP contribution in [-0.2, 0) is 4.79 Å². The van der Waals surface area contributed by atoms with Crippen molar-refractivity contribution >= 4 is 34.8 Å². The molecule has 1 atom stereocenters. The van der Waals surface area contributed by atoms with Gasteiger partial charge in [-0.3, -0.25) is 9.69 Å². The number of carbonyl (C=O) groups is 1. The summed E-state index contributed by atoms with van der Waals surface area (Å²) in [6, 6.07) is 9.82. The first kappa shape index (κ1) is 21.6. The van der Waals surface area contributed by atoms with E-state index in [-0.39, 0.29) is 5.78 Å². The van der Waals surface area contributed by atoms with Crippen molar-refractivity contribution in [3.63, 3.8) is 0 Å². The normalized spacial score (nSPS) is 19.0. The molecule has 0 fully saturated rings. The maximum atomic E-state index is 13.3. The van der Waals surface area contributed by atoms with Gasteiger partial charge in [0.2, 0.25) is 0 Å². The van der Waals surface area contributed by atoms with Crippen molar-refractivity contribution in [2.75, 3.05) is 10.7 Å². The second-order valence-corrected chi connectivity index (χ2v) is 9.45. The van der Waals surface area contributed by atoms with Crippen LogP contribution in [0.5, 0.6) is 0 Å². The molecule has 0 amide bonds. The Labute approximate surface area is 191 Å². The lowest BCUT2D eigenvalue weighted by atomic mass is 9.76. The van der Waals surface area contributed by atoms with Gasteiger partial charge in [0.1, 0.15) is 11.6 Å². The summed E-state index contributed by atoms with van der Waals surface area (Å²) in [4.78, 5) is 15.1. The second kappa shape index (κ2) is 8.49. The van der Waals surface area contributed by atoms with Crippen molar-refractivity contribution in [1.29, 1.82) is 5.26 Å². The molecule has 2 aromatic rings. The van der Waals surface area contributed by atoms with Gasteiger partial charge in [0.05, 0.1) is 23.2 Å². The van der Waals surface area contributed by atoms with Crippen molar-refractivity contribution in [3.05, 3.63) is 68.8 Å². The lowest BCUT2D eigenvalue weighted by Crippen LogP contribution is -2.39. The van der Waals surface area contributed by atoms with E-state index in [1.807, 2.05) is 49.9 Å². The summed E-state index contributed by atoms with van der Waals surface area (Å²) in [5.41, 5.74) is 11.1. The van der Waals surface area contributed by atoms with Crippen molar-refractivity contribution in [2.24, 2.45) is 5.73 Å². The van der Waals surface area contributed by atoms with Gasteiger partial charge in [-0.05, 0) is 56.2 Å². The highest BCUT2D eigenvalue weighted by Crippen LogP contribution is 2.49. The Morgan fingerprint density at radius 1 is 1.32 bits per heavy atom. The molecular weight excluding hydrogens is 430 g/mol. The first-order valence-corrected chi connectivity index (χ1v) is 11.7. The Morgan fingerprint density at radius 3 is 2.81 bits per heavy atom. The minimum atomic E-state index is -0.518. The van der Waals surface area contributed by atoms with Gasteiger partial charge < -0.3 is 10.2 Å². The number of aryl methyl sites for hydroxylation is 2. The van der Waals surface area contributed by atoms with E-state index in [4.69, 9.17) is 21.8 Å². The number of hydrogen-bond acceptors (Lipinski definition) is 6. The quantitative estimate of drug-likeness (QED) is 0.574. The Bertz CT molecular complexity index is 1170. The SMILES string of the molecule is CCSc1oc(C)cc1C1C(C#N)=C(N)N(c2cc(Cl)ccc2C)C2=C1C(=O)CCC2. The average molecular weight is 454 g/mol. The number of allylic oxidation sites excluding steroid dienone is 3. The van der Waals surface area contributed by atoms with Crippen molar-refractivity contribution in [3.8, 4) is 6.07 Å². The van der Waals surface area contributed by atoms with Crippen LogP contribution < -0.4 is 10.6 Å². The van der Waals surface area contributed by atoms with E-state index >= 15 is 0 Å². The molecule has 2 aliphatic rings. The number of rotatable bonds is 4. The minimum Gasteiger partial charge on any atom is -0.455 e. The molecule has 160 valence electrons. The first-order chi connectivity index (χ1) is 14.9. The molecule has 1 aliphatic carbocycles. The van der Waals surface area contributed by atoms with E-state index in [2.05, 4.69) is 6.07 Å². The van der Waals surface area contributed by atoms with Gasteiger partial charge in [-0.2, -0.15) is 5.26 Å². The van der Waals surface area contributed by atoms with Gasteiger partial charge >= 0.3 is 0 Å². The third-order valence-electron chi connectivity index (χ3n) is 5.76. The van der Waals surface area contributed by atoms with Crippen molar-refractivity contribution in [1.82, 2.24) is 0 Å². The maximum Gasteiger partial charge on any atom is 0.164 e. The molecule has 5 nitrogen and oxygen atoms in total. The monoisotopic (exact) mass is 453 g/mol. The molecule has 0 radical (unpaired) electrons. The van der Waals surface area contributed by atoms with Crippen LogP contribution in [0.1, 0.15) is 49.0 Å². The molecule has 2 heterocycles. The molecule has 1 aliphatic heterocycles. The van der Waals surface area contributed by atoms with E-state index < -0.39 is 5.92 Å². The molecule has 1 aromatic heterocycles. The summed E-state index contributed by atoms with van der Waals surface area (Å²) in [7, 11) is 0. The van der Waals surface area contributed by atoms with E-state index in [1.54, 1.807) is 11.8 Å². The predicted molar refractivity (Wildman–Crippen MR) is 124 cm³/mol. The van der Waals surface area contributed by atoms with E-state index in [0.717, 1.165) is 45.5 Å². The Hall–Kier alpha value is -2.62. The topological polar surface area (TPSA) is 83.3 Å². The van der Waals surface area contributed by atoms with Gasteiger partial charge in [-0.25, -0.2) is 0 Å². The molecule has 0 spiro atoms. The third kappa shape index (κ3) is 3.66. The average Bonchev–Trinajstić information content (AvgIpc) is 3.09. The van der Waals surface area contributed by atoms with E-state index in [9.17, 15) is 10.1 Å². The molecule has 0 saturated heterocycles. The number of carbonyl (C=O) groups excluding carboxylic acids is 1. The molecule has 4 rings (SSSR count). The van der Waals surface area contributed by atoms with Gasteiger partial charge in [0, 0.05) is 28.3 Å². The van der Waals surface area contributed by atoms with Gasteiger partial charge in [0.25, 0.3) is 0 Å². The van der Waals surface area contributed by atoms with Crippen LogP contribution in [0.2, 0.25) is 5.02 Å². The lowest BCUT2D eigenvalue weighted by Gasteiger charge is -2.40. The van der Waals surface area contributed by atoms with Crippen LogP contribution in [-0.4, -0.2) is 11.5 Å². The number of benzene rings is 1. The summed E-state index contributed by atoms with van der Waals surface area (Å²) in [5, 5.41) is 11.5. The number of ketones is 1. The summed E-state index contributed by atoms with van der Waals surface area (Å²) in [6.07, 6.45) is 1.91. The smallest absolute Gasteiger partial charge is 0.164 e. The number of nitrogens with zero attached hydrogens (tertiary/aromatic N) is 2. The number of thioether (sulfide) groups is 1. The zero-order valence-electron chi connectivity index (χ0n) is 17.8. The fourth-order valence-electron chi connectivity index (χ4n) is 4.45. The summed E-state index contributed by atoms with van der Waals surface area (Å²) < 4.78 is 5.92. The molecule has 0 saturated carbocycles. The fraction of sp³-hybridized carbons (Fsp3) is 0.333. The van der Waals surface area contributed by atoms with E-state index in [1.165, 1.54) is 0 Å². The zero-order valence-corrected chi connectivity index (χ0v) is 19.4. The number of halogens is 1. The highest BCUT2D eigenvalue weighted by molar-refractivity contribution is 7.99. The molecule has 31 heavy (non-hydrogen) atoms. The number of anilines is 1. The number of furan rings is 1. The number of Topliss-reactive ketones (excluding diaryl/α,β-unsaturated/α-hetero) is 1. The molecule has 2 N–H and O–H groups in total. The van der Waals surface area contributed by atoms with Crippen LogP contribution in [0.4, 0.5) is 5.69 Å². The molecular formula is C24H24ClN3O2S. The Kier molecular flexibility index (Phi) is 5.92. The van der Waals surface area contributed by atoms with Gasteiger partial charge in [-0.1, -0.05) is 36.4 Å². The second-order valence-electron chi connectivity index (χ2n) is 7.78. The first-order valence-electron chi connectivity index (χ1n) is 10.3. The zero-order chi connectivity index (χ0) is 22.3.